The van der Waals surface area contributed by atoms with Crippen molar-refractivity contribution in [2.24, 2.45) is 0 Å². The molecule has 0 saturated carbocycles. The average molecular weight is 380 g/mol. The normalized spacial score (nSPS) is 10.7. The van der Waals surface area contributed by atoms with E-state index in [1.54, 1.807) is 33.5 Å². The summed E-state index contributed by atoms with van der Waals surface area (Å²) in [6.07, 6.45) is 0. The van der Waals surface area contributed by atoms with Crippen LogP contribution in [0.5, 0.6) is 17.2 Å². The Labute approximate surface area is 152 Å². The highest BCUT2D eigenvalue weighted by molar-refractivity contribution is 8.00. The van der Waals surface area contributed by atoms with E-state index in [2.05, 4.69) is 20.4 Å². The molecular formula is C15H16N4O4S2. The molecule has 3 rings (SSSR count). The summed E-state index contributed by atoms with van der Waals surface area (Å²) in [5, 5.41) is 17.1. The van der Waals surface area contributed by atoms with Crippen LogP contribution in [0.25, 0.3) is 11.5 Å². The summed E-state index contributed by atoms with van der Waals surface area (Å²) in [6, 6.07) is 3.53. The third kappa shape index (κ3) is 3.85. The van der Waals surface area contributed by atoms with Crippen LogP contribution in [-0.2, 0) is 5.75 Å². The summed E-state index contributed by atoms with van der Waals surface area (Å²) >= 11 is 3.03. The van der Waals surface area contributed by atoms with Crippen LogP contribution >= 0.6 is 23.1 Å². The minimum absolute atomic E-state index is 0.378. The Kier molecular flexibility index (Phi) is 5.39. The van der Waals surface area contributed by atoms with Crippen molar-refractivity contribution >= 4 is 23.1 Å². The molecule has 0 atom stereocenters. The van der Waals surface area contributed by atoms with Gasteiger partial charge in [-0.2, -0.15) is 0 Å². The van der Waals surface area contributed by atoms with Gasteiger partial charge in [-0.05, 0) is 19.1 Å². The van der Waals surface area contributed by atoms with Gasteiger partial charge in [-0.3, -0.25) is 0 Å². The summed E-state index contributed by atoms with van der Waals surface area (Å²) < 4.78 is 22.6. The monoisotopic (exact) mass is 380 g/mol. The van der Waals surface area contributed by atoms with Gasteiger partial charge in [0.15, 0.2) is 15.8 Å². The lowest BCUT2D eigenvalue weighted by Crippen LogP contribution is -1.95. The number of aromatic nitrogens is 4. The van der Waals surface area contributed by atoms with E-state index in [0.29, 0.717) is 40.3 Å². The molecule has 0 radical (unpaired) electrons. The average Bonchev–Trinajstić information content (AvgIpc) is 3.27. The number of nitrogens with zero attached hydrogens (tertiary/aromatic N) is 4. The van der Waals surface area contributed by atoms with Gasteiger partial charge in [0.05, 0.1) is 27.1 Å². The molecule has 0 spiro atoms. The number of hydrogen-bond donors (Lipinski definition) is 0. The zero-order valence-corrected chi connectivity index (χ0v) is 15.7. The number of methoxy groups -OCH3 is 3. The molecule has 0 fully saturated rings. The molecule has 0 N–H and O–H groups in total. The van der Waals surface area contributed by atoms with Crippen molar-refractivity contribution in [3.63, 3.8) is 0 Å². The second kappa shape index (κ2) is 7.70. The Bertz CT molecular complexity index is 840. The van der Waals surface area contributed by atoms with Crippen LogP contribution in [-0.4, -0.2) is 41.7 Å². The van der Waals surface area contributed by atoms with Crippen molar-refractivity contribution in [3.8, 4) is 28.7 Å². The molecule has 1 aromatic carbocycles. The van der Waals surface area contributed by atoms with Crippen molar-refractivity contribution in [3.05, 3.63) is 23.0 Å². The van der Waals surface area contributed by atoms with Gasteiger partial charge in [0.2, 0.25) is 17.5 Å². The Balaban J connectivity index is 1.81. The van der Waals surface area contributed by atoms with Crippen molar-refractivity contribution in [2.45, 2.75) is 17.0 Å². The molecule has 132 valence electrons. The first-order chi connectivity index (χ1) is 12.1. The van der Waals surface area contributed by atoms with Crippen LogP contribution in [0.15, 0.2) is 20.9 Å². The summed E-state index contributed by atoms with van der Waals surface area (Å²) in [7, 11) is 4.67. The SMILES string of the molecule is COc1cc(-c2nnc(CSc3nnc(C)s3)o2)cc(OC)c1OC. The zero-order chi connectivity index (χ0) is 17.8. The molecule has 2 aromatic heterocycles. The molecule has 2 heterocycles. The third-order valence-corrected chi connectivity index (χ3v) is 5.16. The van der Waals surface area contributed by atoms with Crippen molar-refractivity contribution in [1.29, 1.82) is 0 Å². The highest BCUT2D eigenvalue weighted by atomic mass is 32.2. The van der Waals surface area contributed by atoms with Gasteiger partial charge in [0.1, 0.15) is 5.01 Å². The summed E-state index contributed by atoms with van der Waals surface area (Å²) in [5.41, 5.74) is 0.685. The smallest absolute Gasteiger partial charge is 0.248 e. The highest BCUT2D eigenvalue weighted by Crippen LogP contribution is 2.41. The van der Waals surface area contributed by atoms with Gasteiger partial charge in [-0.1, -0.05) is 23.1 Å². The number of ether oxygens (including phenoxy) is 3. The van der Waals surface area contributed by atoms with Gasteiger partial charge >= 0.3 is 0 Å². The predicted octanol–water partition coefficient (Wildman–Crippen LogP) is 3.21. The highest BCUT2D eigenvalue weighted by Gasteiger charge is 2.17. The maximum atomic E-state index is 5.73. The van der Waals surface area contributed by atoms with Gasteiger partial charge < -0.3 is 18.6 Å². The molecule has 3 aromatic rings. The van der Waals surface area contributed by atoms with Crippen LogP contribution in [0.1, 0.15) is 10.9 Å². The Morgan fingerprint density at radius 3 is 2.28 bits per heavy atom. The lowest BCUT2D eigenvalue weighted by atomic mass is 10.2. The fraction of sp³-hybridized carbons (Fsp3) is 0.333. The fourth-order valence-corrected chi connectivity index (χ4v) is 3.75. The first-order valence-corrected chi connectivity index (χ1v) is 9.00. The Hall–Kier alpha value is -2.33. The van der Waals surface area contributed by atoms with Crippen molar-refractivity contribution < 1.29 is 18.6 Å². The Morgan fingerprint density at radius 2 is 1.72 bits per heavy atom. The second-order valence-electron chi connectivity index (χ2n) is 4.79. The topological polar surface area (TPSA) is 92.4 Å². The lowest BCUT2D eigenvalue weighted by Gasteiger charge is -2.12. The van der Waals surface area contributed by atoms with Gasteiger partial charge in [-0.15, -0.1) is 20.4 Å². The van der Waals surface area contributed by atoms with Crippen molar-refractivity contribution in [1.82, 2.24) is 20.4 Å². The second-order valence-corrected chi connectivity index (χ2v) is 7.19. The van der Waals surface area contributed by atoms with E-state index in [-0.39, 0.29) is 0 Å². The molecule has 10 heteroatoms. The van der Waals surface area contributed by atoms with Crippen LogP contribution in [0.2, 0.25) is 0 Å². The predicted molar refractivity (Wildman–Crippen MR) is 93.6 cm³/mol. The minimum Gasteiger partial charge on any atom is -0.493 e. The maximum Gasteiger partial charge on any atom is 0.248 e. The Morgan fingerprint density at radius 1 is 1.00 bits per heavy atom. The van der Waals surface area contributed by atoms with E-state index >= 15 is 0 Å². The van der Waals surface area contributed by atoms with Crippen LogP contribution < -0.4 is 14.2 Å². The number of thioether (sulfide) groups is 1. The van der Waals surface area contributed by atoms with Crippen LogP contribution in [0, 0.1) is 6.92 Å². The molecule has 0 aliphatic heterocycles. The minimum atomic E-state index is 0.378. The third-order valence-electron chi connectivity index (χ3n) is 3.21. The maximum absolute atomic E-state index is 5.73. The largest absolute Gasteiger partial charge is 0.493 e. The van der Waals surface area contributed by atoms with Crippen LogP contribution in [0.3, 0.4) is 0 Å². The first kappa shape index (κ1) is 17.5. The summed E-state index contributed by atoms with van der Waals surface area (Å²) in [6.45, 7) is 1.91. The molecule has 0 aliphatic carbocycles. The molecule has 25 heavy (non-hydrogen) atoms. The van der Waals surface area contributed by atoms with E-state index in [4.69, 9.17) is 18.6 Å². The van der Waals surface area contributed by atoms with Crippen LogP contribution in [0.4, 0.5) is 0 Å². The molecule has 0 unspecified atom stereocenters. The van der Waals surface area contributed by atoms with Gasteiger partial charge in [0.25, 0.3) is 0 Å². The molecule has 0 amide bonds. The number of rotatable bonds is 7. The van der Waals surface area contributed by atoms with E-state index in [1.807, 2.05) is 6.92 Å². The number of benzene rings is 1. The summed E-state index contributed by atoms with van der Waals surface area (Å²) in [4.78, 5) is 0. The zero-order valence-electron chi connectivity index (χ0n) is 14.1. The molecular weight excluding hydrogens is 364 g/mol. The van der Waals surface area contributed by atoms with E-state index < -0.39 is 0 Å². The molecule has 0 bridgehead atoms. The number of aryl methyl sites for hydroxylation is 1. The first-order valence-electron chi connectivity index (χ1n) is 7.20. The molecule has 0 saturated heterocycles. The summed E-state index contributed by atoms with van der Waals surface area (Å²) in [5.74, 6) is 2.96. The lowest BCUT2D eigenvalue weighted by molar-refractivity contribution is 0.324. The van der Waals surface area contributed by atoms with E-state index in [9.17, 15) is 0 Å². The van der Waals surface area contributed by atoms with Crippen molar-refractivity contribution in [2.75, 3.05) is 21.3 Å². The quantitative estimate of drug-likeness (QED) is 0.573. The fourth-order valence-electron chi connectivity index (χ4n) is 2.09. The molecule has 0 aliphatic rings. The molecule has 8 nitrogen and oxygen atoms in total. The van der Waals surface area contributed by atoms with E-state index in [0.717, 1.165) is 9.35 Å². The number of hydrogen-bond acceptors (Lipinski definition) is 10. The van der Waals surface area contributed by atoms with Gasteiger partial charge in [-0.25, -0.2) is 0 Å². The van der Waals surface area contributed by atoms with E-state index in [1.165, 1.54) is 23.1 Å². The van der Waals surface area contributed by atoms with Gasteiger partial charge in [0, 0.05) is 5.56 Å². The standard InChI is InChI=1S/C15H16N4O4S2/c1-8-16-19-15(25-8)24-7-12-17-18-14(23-12)9-5-10(20-2)13(22-4)11(6-9)21-3/h5-6H,7H2,1-4H3.